The molecule has 0 aliphatic carbocycles. The van der Waals surface area contributed by atoms with E-state index in [4.69, 9.17) is 9.15 Å². The van der Waals surface area contributed by atoms with Crippen LogP contribution in [0.2, 0.25) is 0 Å². The SMILES string of the molecule is CCOC(=O)/C=C\C(Br)c1ccco1. The third-order valence-electron chi connectivity index (χ3n) is 1.50. The summed E-state index contributed by atoms with van der Waals surface area (Å²) in [5.74, 6) is 0.411. The number of furan rings is 1. The Morgan fingerprint density at radius 1 is 1.79 bits per heavy atom. The highest BCUT2D eigenvalue weighted by Crippen LogP contribution is 2.24. The molecule has 0 bridgehead atoms. The lowest BCUT2D eigenvalue weighted by Gasteiger charge is -1.99. The summed E-state index contributed by atoms with van der Waals surface area (Å²) in [6.07, 6.45) is 4.64. The number of rotatable bonds is 4. The van der Waals surface area contributed by atoms with Gasteiger partial charge in [-0.2, -0.15) is 0 Å². The molecule has 1 rings (SSSR count). The lowest BCUT2D eigenvalue weighted by Crippen LogP contribution is -1.99. The Morgan fingerprint density at radius 3 is 3.14 bits per heavy atom. The number of esters is 1. The minimum atomic E-state index is -0.344. The molecule has 0 spiro atoms. The first-order valence-corrected chi connectivity index (χ1v) is 5.18. The summed E-state index contributed by atoms with van der Waals surface area (Å²) in [5, 5.41) is 0. The summed E-state index contributed by atoms with van der Waals surface area (Å²) in [5.41, 5.74) is 0. The fraction of sp³-hybridized carbons (Fsp3) is 0.300. The zero-order valence-electron chi connectivity index (χ0n) is 7.77. The minimum Gasteiger partial charge on any atom is -0.468 e. The monoisotopic (exact) mass is 258 g/mol. The molecule has 0 fully saturated rings. The number of halogens is 1. The quantitative estimate of drug-likeness (QED) is 0.474. The fourth-order valence-corrected chi connectivity index (χ4v) is 1.31. The molecule has 4 heteroatoms. The van der Waals surface area contributed by atoms with Gasteiger partial charge < -0.3 is 9.15 Å². The topological polar surface area (TPSA) is 39.4 Å². The van der Waals surface area contributed by atoms with E-state index in [1.54, 1.807) is 25.3 Å². The number of hydrogen-bond acceptors (Lipinski definition) is 3. The van der Waals surface area contributed by atoms with Crippen LogP contribution in [0.5, 0.6) is 0 Å². The second-order valence-corrected chi connectivity index (χ2v) is 3.51. The van der Waals surface area contributed by atoms with Gasteiger partial charge in [-0.25, -0.2) is 4.79 Å². The van der Waals surface area contributed by atoms with E-state index in [1.165, 1.54) is 6.08 Å². The van der Waals surface area contributed by atoms with Crippen LogP contribution in [0.15, 0.2) is 35.0 Å². The van der Waals surface area contributed by atoms with Crippen molar-refractivity contribution in [3.05, 3.63) is 36.3 Å². The number of carbonyl (C=O) groups excluding carboxylic acids is 1. The standard InChI is InChI=1S/C10H11BrO3/c1-2-13-10(12)6-5-8(11)9-4-3-7-14-9/h3-8H,2H2,1H3/b6-5-. The maximum atomic E-state index is 11.0. The number of ether oxygens (including phenoxy) is 1. The maximum absolute atomic E-state index is 11.0. The van der Waals surface area contributed by atoms with Gasteiger partial charge in [0.05, 0.1) is 17.7 Å². The van der Waals surface area contributed by atoms with Gasteiger partial charge in [-0.1, -0.05) is 22.0 Å². The Morgan fingerprint density at radius 2 is 2.57 bits per heavy atom. The number of carbonyl (C=O) groups is 1. The molecule has 0 radical (unpaired) electrons. The summed E-state index contributed by atoms with van der Waals surface area (Å²) in [6.45, 7) is 2.15. The van der Waals surface area contributed by atoms with Crippen LogP contribution in [0.25, 0.3) is 0 Å². The summed E-state index contributed by atoms with van der Waals surface area (Å²) >= 11 is 3.36. The molecule has 0 aliphatic rings. The van der Waals surface area contributed by atoms with Gasteiger partial charge in [0.1, 0.15) is 5.76 Å². The van der Waals surface area contributed by atoms with E-state index in [1.807, 2.05) is 6.07 Å². The molecular formula is C10H11BrO3. The Balaban J connectivity index is 2.48. The van der Waals surface area contributed by atoms with Gasteiger partial charge in [-0.05, 0) is 19.1 Å². The van der Waals surface area contributed by atoms with Crippen molar-refractivity contribution < 1.29 is 13.9 Å². The molecule has 1 heterocycles. The smallest absolute Gasteiger partial charge is 0.330 e. The van der Waals surface area contributed by atoms with Crippen LogP contribution in [0.1, 0.15) is 17.5 Å². The second kappa shape index (κ2) is 5.65. The van der Waals surface area contributed by atoms with Gasteiger partial charge in [-0.3, -0.25) is 0 Å². The van der Waals surface area contributed by atoms with Crippen molar-refractivity contribution in [1.29, 1.82) is 0 Å². The molecule has 0 N–H and O–H groups in total. The van der Waals surface area contributed by atoms with Crippen LogP contribution in [-0.4, -0.2) is 12.6 Å². The first-order chi connectivity index (χ1) is 6.74. The second-order valence-electron chi connectivity index (χ2n) is 2.53. The molecule has 1 atom stereocenters. The number of alkyl halides is 1. The summed E-state index contributed by atoms with van der Waals surface area (Å²) in [7, 11) is 0. The highest BCUT2D eigenvalue weighted by atomic mass is 79.9. The van der Waals surface area contributed by atoms with Crippen LogP contribution >= 0.6 is 15.9 Å². The molecule has 3 nitrogen and oxygen atoms in total. The first kappa shape index (κ1) is 11.0. The summed E-state index contributed by atoms with van der Waals surface area (Å²) < 4.78 is 9.87. The molecule has 1 unspecified atom stereocenters. The van der Waals surface area contributed by atoms with Gasteiger partial charge in [0.25, 0.3) is 0 Å². The minimum absolute atomic E-state index is 0.0955. The molecule has 1 aromatic rings. The van der Waals surface area contributed by atoms with Crippen molar-refractivity contribution in [2.45, 2.75) is 11.8 Å². The molecule has 1 aromatic heterocycles. The van der Waals surface area contributed by atoms with Gasteiger partial charge in [-0.15, -0.1) is 0 Å². The molecule has 0 saturated heterocycles. The van der Waals surface area contributed by atoms with E-state index in [2.05, 4.69) is 15.9 Å². The zero-order chi connectivity index (χ0) is 10.4. The van der Waals surface area contributed by atoms with Crippen LogP contribution in [0.3, 0.4) is 0 Å². The van der Waals surface area contributed by atoms with Crippen LogP contribution in [0, 0.1) is 0 Å². The third kappa shape index (κ3) is 3.38. The van der Waals surface area contributed by atoms with Gasteiger partial charge in [0, 0.05) is 6.08 Å². The van der Waals surface area contributed by atoms with Crippen LogP contribution < -0.4 is 0 Å². The maximum Gasteiger partial charge on any atom is 0.330 e. The van der Waals surface area contributed by atoms with E-state index in [9.17, 15) is 4.79 Å². The zero-order valence-corrected chi connectivity index (χ0v) is 9.36. The molecule has 0 aliphatic heterocycles. The summed E-state index contributed by atoms with van der Waals surface area (Å²) in [6, 6.07) is 3.62. The van der Waals surface area contributed by atoms with Crippen molar-refractivity contribution >= 4 is 21.9 Å². The van der Waals surface area contributed by atoms with E-state index in [0.29, 0.717) is 6.61 Å². The van der Waals surface area contributed by atoms with E-state index >= 15 is 0 Å². The third-order valence-corrected chi connectivity index (χ3v) is 2.26. The Bertz CT molecular complexity index is 303. The van der Waals surface area contributed by atoms with Crippen molar-refractivity contribution in [2.24, 2.45) is 0 Å². The van der Waals surface area contributed by atoms with Crippen LogP contribution in [0.4, 0.5) is 0 Å². The highest BCUT2D eigenvalue weighted by molar-refractivity contribution is 9.09. The van der Waals surface area contributed by atoms with Gasteiger partial charge in [0.15, 0.2) is 0 Å². The Kier molecular flexibility index (Phi) is 4.46. The Labute approximate surface area is 90.9 Å². The predicted octanol–water partition coefficient (Wildman–Crippen LogP) is 2.83. The normalized spacial score (nSPS) is 13.0. The summed E-state index contributed by atoms with van der Waals surface area (Å²) in [4.78, 5) is 10.9. The van der Waals surface area contributed by atoms with E-state index < -0.39 is 0 Å². The average Bonchev–Trinajstić information content (AvgIpc) is 2.67. The first-order valence-electron chi connectivity index (χ1n) is 4.26. The lowest BCUT2D eigenvalue weighted by molar-refractivity contribution is -0.137. The van der Waals surface area contributed by atoms with Crippen molar-refractivity contribution in [1.82, 2.24) is 0 Å². The van der Waals surface area contributed by atoms with Gasteiger partial charge in [0.2, 0.25) is 0 Å². The molecule has 14 heavy (non-hydrogen) atoms. The lowest BCUT2D eigenvalue weighted by atomic mass is 10.3. The number of hydrogen-bond donors (Lipinski definition) is 0. The highest BCUT2D eigenvalue weighted by Gasteiger charge is 2.06. The van der Waals surface area contributed by atoms with Crippen molar-refractivity contribution in [3.63, 3.8) is 0 Å². The molecule has 0 aromatic carbocycles. The Hall–Kier alpha value is -1.03. The van der Waals surface area contributed by atoms with Crippen molar-refractivity contribution in [2.75, 3.05) is 6.61 Å². The molecule has 0 amide bonds. The van der Waals surface area contributed by atoms with Gasteiger partial charge >= 0.3 is 5.97 Å². The molecule has 0 saturated carbocycles. The van der Waals surface area contributed by atoms with E-state index in [-0.39, 0.29) is 10.8 Å². The number of allylic oxidation sites excluding steroid dienone is 1. The largest absolute Gasteiger partial charge is 0.468 e. The van der Waals surface area contributed by atoms with Crippen LogP contribution in [-0.2, 0) is 9.53 Å². The molecule has 76 valence electrons. The molecular weight excluding hydrogens is 248 g/mol. The fourth-order valence-electron chi connectivity index (χ4n) is 0.896. The van der Waals surface area contributed by atoms with Crippen molar-refractivity contribution in [3.8, 4) is 0 Å². The average molecular weight is 259 g/mol. The van der Waals surface area contributed by atoms with E-state index in [0.717, 1.165) is 5.76 Å². The predicted molar refractivity (Wildman–Crippen MR) is 56.1 cm³/mol.